The highest BCUT2D eigenvalue weighted by molar-refractivity contribution is 7.89. The van der Waals surface area contributed by atoms with Gasteiger partial charge in [0.1, 0.15) is 4.90 Å². The van der Waals surface area contributed by atoms with Crippen LogP contribution in [0.15, 0.2) is 53.4 Å². The molecule has 23 heavy (non-hydrogen) atoms. The number of benzene rings is 2. The van der Waals surface area contributed by atoms with E-state index in [0.717, 1.165) is 5.56 Å². The molecule has 0 saturated carbocycles. The van der Waals surface area contributed by atoms with Gasteiger partial charge in [-0.2, -0.15) is 0 Å². The van der Waals surface area contributed by atoms with Gasteiger partial charge in [0.25, 0.3) is 0 Å². The molecular formula is C16H18ClFN2O2S. The molecule has 1 atom stereocenters. The molecule has 4 nitrogen and oxygen atoms in total. The summed E-state index contributed by atoms with van der Waals surface area (Å²) in [6.07, 6.45) is 0. The number of nitrogens with zero attached hydrogens (tertiary/aromatic N) is 1. The first-order valence-electron chi connectivity index (χ1n) is 6.98. The van der Waals surface area contributed by atoms with E-state index in [1.165, 1.54) is 18.2 Å². The summed E-state index contributed by atoms with van der Waals surface area (Å²) >= 11 is 5.65. The molecule has 2 aromatic rings. The third-order valence-corrected chi connectivity index (χ3v) is 5.21. The highest BCUT2D eigenvalue weighted by atomic mass is 35.5. The second kappa shape index (κ2) is 7.40. The number of halogens is 2. The van der Waals surface area contributed by atoms with Gasteiger partial charge in [-0.3, -0.25) is 0 Å². The van der Waals surface area contributed by atoms with Crippen LogP contribution in [0.25, 0.3) is 0 Å². The van der Waals surface area contributed by atoms with E-state index in [2.05, 4.69) is 4.72 Å². The molecule has 0 aliphatic heterocycles. The summed E-state index contributed by atoms with van der Waals surface area (Å²) in [7, 11) is -0.280. The van der Waals surface area contributed by atoms with Crippen molar-refractivity contribution < 1.29 is 12.8 Å². The van der Waals surface area contributed by atoms with E-state index in [1.54, 1.807) is 0 Å². The van der Waals surface area contributed by atoms with E-state index in [-0.39, 0.29) is 17.6 Å². The first kappa shape index (κ1) is 17.9. The third kappa shape index (κ3) is 4.29. The zero-order chi connectivity index (χ0) is 17.0. The van der Waals surface area contributed by atoms with Crippen molar-refractivity contribution in [1.82, 2.24) is 9.62 Å². The molecular weight excluding hydrogens is 339 g/mol. The van der Waals surface area contributed by atoms with E-state index in [1.807, 2.05) is 49.3 Å². The summed E-state index contributed by atoms with van der Waals surface area (Å²) in [6.45, 7) is 0.116. The second-order valence-electron chi connectivity index (χ2n) is 5.29. The predicted molar refractivity (Wildman–Crippen MR) is 89.5 cm³/mol. The smallest absolute Gasteiger partial charge is 0.243 e. The summed E-state index contributed by atoms with van der Waals surface area (Å²) in [5, 5.41) is -0.222. The van der Waals surface area contributed by atoms with Gasteiger partial charge in [0.05, 0.1) is 5.02 Å². The lowest BCUT2D eigenvalue weighted by atomic mass is 10.1. The molecule has 0 aliphatic rings. The van der Waals surface area contributed by atoms with Crippen molar-refractivity contribution in [1.29, 1.82) is 0 Å². The van der Waals surface area contributed by atoms with Gasteiger partial charge in [0, 0.05) is 12.6 Å². The summed E-state index contributed by atoms with van der Waals surface area (Å²) in [5.74, 6) is -0.942. The summed E-state index contributed by atoms with van der Waals surface area (Å²) in [4.78, 5) is 1.45. The SMILES string of the molecule is CN(C)C(CNS(=O)(=O)c1cccc(Cl)c1F)c1ccccc1. The molecule has 7 heteroatoms. The monoisotopic (exact) mass is 356 g/mol. The predicted octanol–water partition coefficient (Wildman–Crippen LogP) is 3.06. The summed E-state index contributed by atoms with van der Waals surface area (Å²) < 4.78 is 41.1. The average molecular weight is 357 g/mol. The lowest BCUT2D eigenvalue weighted by Crippen LogP contribution is -2.34. The average Bonchev–Trinajstić information content (AvgIpc) is 2.50. The molecule has 0 amide bonds. The van der Waals surface area contributed by atoms with Crippen LogP contribution in [-0.4, -0.2) is 34.0 Å². The van der Waals surface area contributed by atoms with Crippen LogP contribution in [0.4, 0.5) is 4.39 Å². The maximum Gasteiger partial charge on any atom is 0.243 e. The van der Waals surface area contributed by atoms with E-state index >= 15 is 0 Å². The largest absolute Gasteiger partial charge is 0.301 e. The Morgan fingerprint density at radius 1 is 1.13 bits per heavy atom. The maximum atomic E-state index is 13.9. The summed E-state index contributed by atoms with van der Waals surface area (Å²) in [5.41, 5.74) is 0.965. The van der Waals surface area contributed by atoms with Crippen LogP contribution in [0.3, 0.4) is 0 Å². The van der Waals surface area contributed by atoms with Crippen molar-refractivity contribution in [2.24, 2.45) is 0 Å². The fourth-order valence-electron chi connectivity index (χ4n) is 2.23. The van der Waals surface area contributed by atoms with Crippen LogP contribution >= 0.6 is 11.6 Å². The minimum Gasteiger partial charge on any atom is -0.301 e. The van der Waals surface area contributed by atoms with Gasteiger partial charge in [-0.05, 0) is 31.8 Å². The molecule has 1 unspecified atom stereocenters. The van der Waals surface area contributed by atoms with E-state index in [9.17, 15) is 12.8 Å². The number of hydrogen-bond acceptors (Lipinski definition) is 3. The van der Waals surface area contributed by atoms with Crippen LogP contribution < -0.4 is 4.72 Å². The van der Waals surface area contributed by atoms with Gasteiger partial charge in [0.15, 0.2) is 5.82 Å². The number of rotatable bonds is 6. The first-order valence-corrected chi connectivity index (χ1v) is 8.84. The Bertz CT molecular complexity index is 767. The second-order valence-corrected chi connectivity index (χ2v) is 7.44. The van der Waals surface area contributed by atoms with Gasteiger partial charge in [-0.1, -0.05) is 48.0 Å². The Morgan fingerprint density at radius 3 is 2.39 bits per heavy atom. The number of sulfonamides is 1. The van der Waals surface area contributed by atoms with Crippen molar-refractivity contribution in [3.63, 3.8) is 0 Å². The van der Waals surface area contributed by atoms with Crippen LogP contribution in [-0.2, 0) is 10.0 Å². The molecule has 0 spiro atoms. The maximum absolute atomic E-state index is 13.9. The topological polar surface area (TPSA) is 49.4 Å². The molecule has 1 N–H and O–H groups in total. The van der Waals surface area contributed by atoms with Crippen molar-refractivity contribution >= 4 is 21.6 Å². The van der Waals surface area contributed by atoms with Crippen molar-refractivity contribution in [3.8, 4) is 0 Å². The molecule has 2 rings (SSSR count). The highest BCUT2D eigenvalue weighted by Gasteiger charge is 2.23. The lowest BCUT2D eigenvalue weighted by Gasteiger charge is -2.25. The zero-order valence-electron chi connectivity index (χ0n) is 12.8. The Hall–Kier alpha value is -1.47. The molecule has 2 aromatic carbocycles. The third-order valence-electron chi connectivity index (χ3n) is 3.48. The zero-order valence-corrected chi connectivity index (χ0v) is 14.4. The molecule has 124 valence electrons. The Kier molecular flexibility index (Phi) is 5.75. The van der Waals surface area contributed by atoms with E-state index < -0.39 is 20.7 Å². The highest BCUT2D eigenvalue weighted by Crippen LogP contribution is 2.23. The van der Waals surface area contributed by atoms with Crippen molar-refractivity contribution in [3.05, 3.63) is 64.9 Å². The fourth-order valence-corrected chi connectivity index (χ4v) is 3.60. The Balaban J connectivity index is 2.22. The van der Waals surface area contributed by atoms with Gasteiger partial charge in [-0.15, -0.1) is 0 Å². The standard InChI is InChI=1S/C16H18ClFN2O2S/c1-20(2)14(12-7-4-3-5-8-12)11-19-23(21,22)15-10-6-9-13(17)16(15)18/h3-10,14,19H,11H2,1-2H3. The quantitative estimate of drug-likeness (QED) is 0.865. The molecule has 0 radical (unpaired) electrons. The fraction of sp³-hybridized carbons (Fsp3) is 0.250. The van der Waals surface area contributed by atoms with E-state index in [0.29, 0.717) is 0 Å². The van der Waals surface area contributed by atoms with Crippen LogP contribution in [0.2, 0.25) is 5.02 Å². The van der Waals surface area contributed by atoms with Gasteiger partial charge in [0.2, 0.25) is 10.0 Å². The first-order chi connectivity index (χ1) is 10.8. The van der Waals surface area contributed by atoms with Gasteiger partial charge < -0.3 is 4.90 Å². The minimum atomic E-state index is -3.99. The van der Waals surface area contributed by atoms with Crippen molar-refractivity contribution in [2.75, 3.05) is 20.6 Å². The van der Waals surface area contributed by atoms with Crippen LogP contribution in [0.5, 0.6) is 0 Å². The number of hydrogen-bond donors (Lipinski definition) is 1. The van der Waals surface area contributed by atoms with Crippen molar-refractivity contribution in [2.45, 2.75) is 10.9 Å². The number of nitrogens with one attached hydrogen (secondary N) is 1. The normalized spacial score (nSPS) is 13.3. The minimum absolute atomic E-state index is 0.116. The Labute approximate surface area is 140 Å². The van der Waals surface area contributed by atoms with Gasteiger partial charge >= 0.3 is 0 Å². The number of likely N-dealkylation sites (N-methyl/N-ethyl adjacent to an activating group) is 1. The molecule has 0 aromatic heterocycles. The van der Waals surface area contributed by atoms with E-state index in [4.69, 9.17) is 11.6 Å². The van der Waals surface area contributed by atoms with Crippen LogP contribution in [0, 0.1) is 5.82 Å². The van der Waals surface area contributed by atoms with Gasteiger partial charge in [-0.25, -0.2) is 17.5 Å². The lowest BCUT2D eigenvalue weighted by molar-refractivity contribution is 0.299. The summed E-state index contributed by atoms with van der Waals surface area (Å²) in [6, 6.07) is 13.2. The molecule has 0 bridgehead atoms. The molecule has 0 fully saturated rings. The molecule has 0 aliphatic carbocycles. The molecule has 0 heterocycles. The molecule has 0 saturated heterocycles. The van der Waals surface area contributed by atoms with Crippen LogP contribution in [0.1, 0.15) is 11.6 Å². The Morgan fingerprint density at radius 2 is 1.78 bits per heavy atom.